The molecule has 0 aliphatic carbocycles. The van der Waals surface area contributed by atoms with Crippen molar-refractivity contribution in [1.29, 1.82) is 0 Å². The summed E-state index contributed by atoms with van der Waals surface area (Å²) in [4.78, 5) is 8.06. The van der Waals surface area contributed by atoms with Gasteiger partial charge < -0.3 is 0 Å². The van der Waals surface area contributed by atoms with E-state index in [1.807, 2.05) is 6.92 Å². The molecule has 0 saturated heterocycles. The predicted molar refractivity (Wildman–Crippen MR) is 30.7 cm³/mol. The van der Waals surface area contributed by atoms with Gasteiger partial charge in [-0.15, -0.1) is 0 Å². The molecule has 2 radical (unpaired) electrons. The van der Waals surface area contributed by atoms with E-state index >= 15 is 0 Å². The van der Waals surface area contributed by atoms with E-state index < -0.39 is 8.03 Å². The van der Waals surface area contributed by atoms with E-state index in [1.165, 1.54) is 0 Å². The standard InChI is InChI=1S/C3H7O2P.Mg/c1-2-3-6(4)5;/h2-3H2,1H3;/p+1. The van der Waals surface area contributed by atoms with Crippen LogP contribution in [0.1, 0.15) is 13.3 Å². The Bertz CT molecular complexity index is 56.9. The third-order valence-corrected chi connectivity index (χ3v) is 1.24. The molecule has 1 N–H and O–H groups in total. The van der Waals surface area contributed by atoms with Crippen LogP contribution in [0.2, 0.25) is 0 Å². The maximum absolute atomic E-state index is 9.75. The number of hydrogen-bond acceptors (Lipinski definition) is 1. The summed E-state index contributed by atoms with van der Waals surface area (Å²) < 4.78 is 9.75. The molecule has 1 atom stereocenters. The molecule has 1 unspecified atom stereocenters. The third kappa shape index (κ3) is 10.9. The average Bonchev–Trinajstić information content (AvgIpc) is 1.35. The van der Waals surface area contributed by atoms with Crippen LogP contribution < -0.4 is 0 Å². The molecule has 0 spiro atoms. The molecule has 7 heavy (non-hydrogen) atoms. The van der Waals surface area contributed by atoms with Gasteiger partial charge >= 0.3 is 8.03 Å². The van der Waals surface area contributed by atoms with Gasteiger partial charge in [-0.3, -0.25) is 0 Å². The molecule has 0 rings (SSSR count). The van der Waals surface area contributed by atoms with Gasteiger partial charge in [0, 0.05) is 23.1 Å². The molecule has 0 saturated carbocycles. The van der Waals surface area contributed by atoms with Crippen molar-refractivity contribution in [2.45, 2.75) is 13.3 Å². The molecule has 0 heterocycles. The van der Waals surface area contributed by atoms with Gasteiger partial charge in [-0.25, -0.2) is 0 Å². The van der Waals surface area contributed by atoms with Gasteiger partial charge in [0.2, 0.25) is 0 Å². The number of hydrogen-bond donors (Lipinski definition) is 1. The maximum atomic E-state index is 9.75. The lowest BCUT2D eigenvalue weighted by molar-refractivity contribution is 0.502. The van der Waals surface area contributed by atoms with Crippen LogP contribution in [0.25, 0.3) is 0 Å². The second kappa shape index (κ2) is 6.83. The molecule has 0 aliphatic heterocycles. The Morgan fingerprint density at radius 3 is 2.14 bits per heavy atom. The summed E-state index contributed by atoms with van der Waals surface area (Å²) in [5, 5.41) is 0. The van der Waals surface area contributed by atoms with E-state index in [1.54, 1.807) is 0 Å². The third-order valence-electron chi connectivity index (χ3n) is 0.415. The molecule has 0 aromatic carbocycles. The zero-order valence-electron chi connectivity index (χ0n) is 4.42. The van der Waals surface area contributed by atoms with Crippen LogP contribution in [0.15, 0.2) is 0 Å². The highest BCUT2D eigenvalue weighted by Gasteiger charge is 2.03. The Morgan fingerprint density at radius 1 is 1.71 bits per heavy atom. The van der Waals surface area contributed by atoms with Gasteiger partial charge in [0.1, 0.15) is 0 Å². The molecular weight excluding hydrogens is 123 g/mol. The minimum atomic E-state index is -1.85. The van der Waals surface area contributed by atoms with Crippen LogP contribution in [0, 0.1) is 0 Å². The lowest BCUT2D eigenvalue weighted by Gasteiger charge is -1.65. The summed E-state index contributed by atoms with van der Waals surface area (Å²) in [5.74, 6) is 0. The van der Waals surface area contributed by atoms with E-state index in [0.29, 0.717) is 6.16 Å². The van der Waals surface area contributed by atoms with Crippen molar-refractivity contribution in [2.75, 3.05) is 6.16 Å². The van der Waals surface area contributed by atoms with Crippen molar-refractivity contribution in [2.24, 2.45) is 0 Å². The van der Waals surface area contributed by atoms with Crippen LogP contribution in [0.5, 0.6) is 0 Å². The van der Waals surface area contributed by atoms with Crippen molar-refractivity contribution >= 4 is 31.1 Å². The molecule has 0 bridgehead atoms. The zero-order chi connectivity index (χ0) is 4.99. The summed E-state index contributed by atoms with van der Waals surface area (Å²) >= 11 is 0. The summed E-state index contributed by atoms with van der Waals surface area (Å²) in [6.45, 7) is 1.88. The number of rotatable bonds is 2. The Balaban J connectivity index is 0. The molecule has 0 aliphatic rings. The fourth-order valence-electron chi connectivity index (χ4n) is 0.191. The monoisotopic (exact) mass is 131 g/mol. The first-order valence-electron chi connectivity index (χ1n) is 1.91. The van der Waals surface area contributed by atoms with Crippen LogP contribution >= 0.6 is 8.03 Å². The molecule has 0 amide bonds. The highest BCUT2D eigenvalue weighted by atomic mass is 31.1. The van der Waals surface area contributed by atoms with Crippen LogP contribution in [0.4, 0.5) is 0 Å². The molecule has 0 aromatic rings. The van der Waals surface area contributed by atoms with Gasteiger partial charge in [0.15, 0.2) is 6.16 Å². The lowest BCUT2D eigenvalue weighted by Crippen LogP contribution is -1.67. The van der Waals surface area contributed by atoms with E-state index in [9.17, 15) is 4.57 Å². The second-order valence-corrected chi connectivity index (χ2v) is 2.23. The largest absolute Gasteiger partial charge is 0.505 e. The first kappa shape index (κ1) is 10.7. The van der Waals surface area contributed by atoms with Gasteiger partial charge in [-0.2, -0.15) is 4.89 Å². The van der Waals surface area contributed by atoms with Gasteiger partial charge in [-0.05, 0) is 11.0 Å². The topological polar surface area (TPSA) is 37.3 Å². The van der Waals surface area contributed by atoms with Gasteiger partial charge in [-0.1, -0.05) is 6.92 Å². The summed E-state index contributed by atoms with van der Waals surface area (Å²) in [6.07, 6.45) is 1.24. The molecule has 2 nitrogen and oxygen atoms in total. The van der Waals surface area contributed by atoms with E-state index in [-0.39, 0.29) is 23.1 Å². The minimum Gasteiger partial charge on any atom is -0.161 e. The van der Waals surface area contributed by atoms with Crippen molar-refractivity contribution in [3.8, 4) is 0 Å². The molecule has 4 heteroatoms. The SMILES string of the molecule is CCC[P+](=O)O.[Mg]. The molecular formula is C3H8MgO2P+. The highest BCUT2D eigenvalue weighted by Crippen LogP contribution is 2.12. The Labute approximate surface area is 60.3 Å². The van der Waals surface area contributed by atoms with Crippen LogP contribution in [-0.4, -0.2) is 34.1 Å². The smallest absolute Gasteiger partial charge is 0.161 e. The lowest BCUT2D eigenvalue weighted by atomic mass is 10.6. The fraction of sp³-hybridized carbons (Fsp3) is 1.00. The van der Waals surface area contributed by atoms with Crippen molar-refractivity contribution in [3.05, 3.63) is 0 Å². The highest BCUT2D eigenvalue weighted by molar-refractivity contribution is 7.37. The molecule has 0 fully saturated rings. The quantitative estimate of drug-likeness (QED) is 0.443. The van der Waals surface area contributed by atoms with Crippen molar-refractivity contribution < 1.29 is 9.46 Å². The maximum Gasteiger partial charge on any atom is 0.505 e. The van der Waals surface area contributed by atoms with Crippen LogP contribution in [-0.2, 0) is 4.57 Å². The van der Waals surface area contributed by atoms with Gasteiger partial charge in [0.25, 0.3) is 0 Å². The van der Waals surface area contributed by atoms with Crippen LogP contribution in [0.3, 0.4) is 0 Å². The Kier molecular flexibility index (Phi) is 10.5. The zero-order valence-corrected chi connectivity index (χ0v) is 6.73. The normalized spacial score (nSPS) is 9.71. The summed E-state index contributed by atoms with van der Waals surface area (Å²) in [5.41, 5.74) is 0. The predicted octanol–water partition coefficient (Wildman–Crippen LogP) is 0.750. The summed E-state index contributed by atoms with van der Waals surface area (Å²) in [7, 11) is -1.85. The fourth-order valence-corrected chi connectivity index (χ4v) is 0.574. The first-order valence-corrected chi connectivity index (χ1v) is 3.30. The second-order valence-electron chi connectivity index (χ2n) is 1.08. The molecule has 0 aromatic heterocycles. The van der Waals surface area contributed by atoms with E-state index in [4.69, 9.17) is 4.89 Å². The Morgan fingerprint density at radius 2 is 2.14 bits per heavy atom. The van der Waals surface area contributed by atoms with Gasteiger partial charge in [0.05, 0.1) is 0 Å². The molecule has 38 valence electrons. The van der Waals surface area contributed by atoms with E-state index in [0.717, 1.165) is 6.42 Å². The van der Waals surface area contributed by atoms with Crippen molar-refractivity contribution in [1.82, 2.24) is 0 Å². The Hall–Kier alpha value is 0.826. The minimum absolute atomic E-state index is 0. The average molecular weight is 131 g/mol. The first-order chi connectivity index (χ1) is 2.77. The van der Waals surface area contributed by atoms with E-state index in [2.05, 4.69) is 0 Å². The summed E-state index contributed by atoms with van der Waals surface area (Å²) in [6, 6.07) is 0. The van der Waals surface area contributed by atoms with Crippen molar-refractivity contribution in [3.63, 3.8) is 0 Å².